The molecule has 0 N–H and O–H groups in total. The molecule has 0 aromatic carbocycles. The lowest BCUT2D eigenvalue weighted by molar-refractivity contribution is 0.337. The lowest BCUT2D eigenvalue weighted by atomic mass is 9.88. The van der Waals surface area contributed by atoms with Gasteiger partial charge in [0.25, 0.3) is 0 Å². The Bertz CT molecular complexity index is 242. The maximum absolute atomic E-state index is 8.76. The van der Waals surface area contributed by atoms with Crippen molar-refractivity contribution in [2.45, 2.75) is 58.0 Å². The van der Waals surface area contributed by atoms with Crippen molar-refractivity contribution in [1.82, 2.24) is 0 Å². The Morgan fingerprint density at radius 1 is 1.21 bits per heavy atom. The fourth-order valence-electron chi connectivity index (χ4n) is 1.61. The highest BCUT2D eigenvalue weighted by Gasteiger charge is 2.20. The van der Waals surface area contributed by atoms with Crippen LogP contribution in [0.2, 0.25) is 0 Å². The van der Waals surface area contributed by atoms with Crippen LogP contribution in [-0.4, -0.2) is 11.6 Å². The number of nitrogens with zero attached hydrogens (tertiary/aromatic N) is 3. The number of hydrogen-bond donors (Lipinski definition) is 0. The molecule has 1 aliphatic rings. The number of azo groups is 1. The summed E-state index contributed by atoms with van der Waals surface area (Å²) in [6, 6.07) is 2.49. The third kappa shape index (κ3) is 3.45. The van der Waals surface area contributed by atoms with E-state index in [1.807, 2.05) is 0 Å². The van der Waals surface area contributed by atoms with Crippen molar-refractivity contribution in [2.24, 2.45) is 16.1 Å². The third-order valence-corrected chi connectivity index (χ3v) is 2.73. The fraction of sp³-hybridized carbons (Fsp3) is 0.909. The van der Waals surface area contributed by atoms with Crippen molar-refractivity contribution in [3.63, 3.8) is 0 Å². The van der Waals surface area contributed by atoms with Crippen LogP contribution in [0.5, 0.6) is 0 Å². The van der Waals surface area contributed by atoms with Gasteiger partial charge >= 0.3 is 0 Å². The maximum atomic E-state index is 8.76. The summed E-state index contributed by atoms with van der Waals surface area (Å²) in [7, 11) is 0. The Kier molecular flexibility index (Phi) is 3.62. The minimum Gasteiger partial charge on any atom is -0.196 e. The topological polar surface area (TPSA) is 48.5 Å². The second-order valence-corrected chi connectivity index (χ2v) is 4.80. The minimum absolute atomic E-state index is 0.360. The molecule has 78 valence electrons. The first kappa shape index (κ1) is 11.2. The monoisotopic (exact) mass is 193 g/mol. The largest absolute Gasteiger partial charge is 0.196 e. The van der Waals surface area contributed by atoms with E-state index in [-0.39, 0.29) is 0 Å². The smallest absolute Gasteiger partial charge is 0.161 e. The summed E-state index contributed by atoms with van der Waals surface area (Å²) in [4.78, 5) is 0. The summed E-state index contributed by atoms with van der Waals surface area (Å²) >= 11 is 0. The molecule has 3 nitrogen and oxygen atoms in total. The van der Waals surface area contributed by atoms with Gasteiger partial charge in [0.1, 0.15) is 0 Å². The Hall–Kier alpha value is -0.910. The molecule has 0 heterocycles. The maximum Gasteiger partial charge on any atom is 0.161 e. The molecule has 1 aliphatic carbocycles. The van der Waals surface area contributed by atoms with Crippen LogP contribution in [0.1, 0.15) is 46.5 Å². The van der Waals surface area contributed by atoms with E-state index in [1.165, 1.54) is 12.8 Å². The first-order valence-corrected chi connectivity index (χ1v) is 5.37. The van der Waals surface area contributed by atoms with Crippen molar-refractivity contribution in [2.75, 3.05) is 0 Å². The highest BCUT2D eigenvalue weighted by molar-refractivity contribution is 4.99. The second-order valence-electron chi connectivity index (χ2n) is 4.80. The fourth-order valence-corrected chi connectivity index (χ4v) is 1.61. The molecule has 0 radical (unpaired) electrons. The first-order valence-electron chi connectivity index (χ1n) is 5.37. The second kappa shape index (κ2) is 4.54. The molecule has 1 saturated carbocycles. The van der Waals surface area contributed by atoms with Crippen LogP contribution in [0.4, 0.5) is 0 Å². The van der Waals surface area contributed by atoms with Crippen molar-refractivity contribution in [1.29, 1.82) is 5.26 Å². The van der Waals surface area contributed by atoms with Crippen LogP contribution in [0.25, 0.3) is 0 Å². The van der Waals surface area contributed by atoms with Gasteiger partial charge in [-0.15, -0.1) is 0 Å². The zero-order valence-corrected chi connectivity index (χ0v) is 9.32. The minimum atomic E-state index is -0.650. The van der Waals surface area contributed by atoms with Gasteiger partial charge in [-0.3, -0.25) is 0 Å². The van der Waals surface area contributed by atoms with E-state index in [2.05, 4.69) is 23.2 Å². The van der Waals surface area contributed by atoms with Crippen LogP contribution in [0.3, 0.4) is 0 Å². The standard InChI is InChI=1S/C11H19N3/c1-9-4-6-10(7-5-9)13-14-11(2,3)8-12/h9-10H,4-7H2,1-3H3/b14-13+. The lowest BCUT2D eigenvalue weighted by Gasteiger charge is -2.22. The molecular formula is C11H19N3. The van der Waals surface area contributed by atoms with Gasteiger partial charge in [0, 0.05) is 0 Å². The number of rotatable bonds is 2. The van der Waals surface area contributed by atoms with E-state index in [1.54, 1.807) is 13.8 Å². The average molecular weight is 193 g/mol. The zero-order valence-electron chi connectivity index (χ0n) is 9.32. The third-order valence-electron chi connectivity index (χ3n) is 2.73. The van der Waals surface area contributed by atoms with E-state index in [0.29, 0.717) is 6.04 Å². The summed E-state index contributed by atoms with van der Waals surface area (Å²) in [5, 5.41) is 17.1. The predicted octanol–water partition coefficient (Wildman–Crippen LogP) is 3.32. The number of nitriles is 1. The van der Waals surface area contributed by atoms with E-state index in [0.717, 1.165) is 18.8 Å². The molecule has 1 fully saturated rings. The predicted molar refractivity (Wildman–Crippen MR) is 56.0 cm³/mol. The molecule has 0 aromatic heterocycles. The molecule has 0 aromatic rings. The van der Waals surface area contributed by atoms with Crippen LogP contribution >= 0.6 is 0 Å². The van der Waals surface area contributed by atoms with Crippen molar-refractivity contribution in [3.8, 4) is 6.07 Å². The average Bonchev–Trinajstić information content (AvgIpc) is 2.17. The molecule has 0 unspecified atom stereocenters. The van der Waals surface area contributed by atoms with Crippen molar-refractivity contribution in [3.05, 3.63) is 0 Å². The van der Waals surface area contributed by atoms with Crippen molar-refractivity contribution >= 4 is 0 Å². The van der Waals surface area contributed by atoms with Gasteiger partial charge in [-0.1, -0.05) is 6.92 Å². The van der Waals surface area contributed by atoms with Gasteiger partial charge in [0.15, 0.2) is 5.54 Å². The molecule has 1 rings (SSSR count). The van der Waals surface area contributed by atoms with Gasteiger partial charge in [0.2, 0.25) is 0 Å². The van der Waals surface area contributed by atoms with Crippen LogP contribution in [-0.2, 0) is 0 Å². The highest BCUT2D eigenvalue weighted by Crippen LogP contribution is 2.26. The van der Waals surface area contributed by atoms with Crippen LogP contribution < -0.4 is 0 Å². The summed E-state index contributed by atoms with van der Waals surface area (Å²) < 4.78 is 0. The van der Waals surface area contributed by atoms with Gasteiger partial charge in [-0.2, -0.15) is 15.5 Å². The number of hydrogen-bond acceptors (Lipinski definition) is 3. The zero-order chi connectivity index (χ0) is 10.6. The summed E-state index contributed by atoms with van der Waals surface area (Å²) in [5.74, 6) is 0.838. The molecular weight excluding hydrogens is 174 g/mol. The lowest BCUT2D eigenvalue weighted by Crippen LogP contribution is -2.17. The van der Waals surface area contributed by atoms with Gasteiger partial charge in [-0.25, -0.2) is 0 Å². The van der Waals surface area contributed by atoms with Crippen LogP contribution in [0, 0.1) is 17.2 Å². The van der Waals surface area contributed by atoms with E-state index < -0.39 is 5.54 Å². The molecule has 0 bridgehead atoms. The normalized spacial score (nSPS) is 29.0. The van der Waals surface area contributed by atoms with E-state index >= 15 is 0 Å². The van der Waals surface area contributed by atoms with Crippen LogP contribution in [0.15, 0.2) is 10.2 Å². The Morgan fingerprint density at radius 3 is 2.29 bits per heavy atom. The van der Waals surface area contributed by atoms with E-state index in [9.17, 15) is 0 Å². The quantitative estimate of drug-likeness (QED) is 0.620. The van der Waals surface area contributed by atoms with Gasteiger partial charge in [0.05, 0.1) is 12.1 Å². The highest BCUT2D eigenvalue weighted by atomic mass is 15.2. The SMILES string of the molecule is CC1CCC(/N=N/C(C)(C)C#N)CC1. The molecule has 3 heteroatoms. The summed E-state index contributed by atoms with van der Waals surface area (Å²) in [6.07, 6.45) is 4.76. The Morgan fingerprint density at radius 2 is 1.79 bits per heavy atom. The summed E-state index contributed by atoms with van der Waals surface area (Å²) in [5.41, 5.74) is -0.650. The Balaban J connectivity index is 2.42. The van der Waals surface area contributed by atoms with Gasteiger partial charge < -0.3 is 0 Å². The molecule has 0 saturated heterocycles. The Labute approximate surface area is 86.2 Å². The van der Waals surface area contributed by atoms with Crippen molar-refractivity contribution < 1.29 is 0 Å². The summed E-state index contributed by atoms with van der Waals surface area (Å²) in [6.45, 7) is 5.87. The first-order chi connectivity index (χ1) is 6.53. The van der Waals surface area contributed by atoms with Gasteiger partial charge in [-0.05, 0) is 45.4 Å². The molecule has 0 amide bonds. The van der Waals surface area contributed by atoms with E-state index in [4.69, 9.17) is 5.26 Å². The molecule has 0 atom stereocenters. The molecule has 0 aliphatic heterocycles. The molecule has 0 spiro atoms. The molecule has 14 heavy (non-hydrogen) atoms.